The van der Waals surface area contributed by atoms with Crippen LogP contribution in [0.15, 0.2) is 78.2 Å². The monoisotopic (exact) mass is 465 g/mol. The SMILES string of the molecule is COc1ccc(CCNC(=O)c2c(N)n(/N=C\c3cccnc3)c3nc4ccccc4nc23)cc1. The van der Waals surface area contributed by atoms with Gasteiger partial charge in [0, 0.05) is 24.5 Å². The van der Waals surface area contributed by atoms with Crippen LogP contribution in [-0.4, -0.2) is 45.4 Å². The molecule has 2 aromatic carbocycles. The first-order chi connectivity index (χ1) is 17.1. The first-order valence-electron chi connectivity index (χ1n) is 11.1. The van der Waals surface area contributed by atoms with E-state index in [1.165, 1.54) is 4.68 Å². The number of amides is 1. The van der Waals surface area contributed by atoms with Gasteiger partial charge < -0.3 is 15.8 Å². The second-order valence-corrected chi connectivity index (χ2v) is 7.84. The summed E-state index contributed by atoms with van der Waals surface area (Å²) in [5.41, 5.74) is 10.7. The Labute approximate surface area is 201 Å². The molecule has 0 fully saturated rings. The van der Waals surface area contributed by atoms with Gasteiger partial charge in [-0.3, -0.25) is 9.78 Å². The number of rotatable bonds is 7. The fraction of sp³-hybridized carbons (Fsp3) is 0.115. The molecule has 9 heteroatoms. The number of ether oxygens (including phenoxy) is 1. The number of anilines is 1. The number of nitrogens with zero attached hydrogens (tertiary/aromatic N) is 5. The Balaban J connectivity index is 1.48. The van der Waals surface area contributed by atoms with E-state index in [9.17, 15) is 4.79 Å². The smallest absolute Gasteiger partial charge is 0.257 e. The Bertz CT molecular complexity index is 1530. The third kappa shape index (κ3) is 4.51. The summed E-state index contributed by atoms with van der Waals surface area (Å²) in [6.45, 7) is 0.428. The molecule has 3 aromatic heterocycles. The maximum atomic E-state index is 13.2. The molecule has 0 aliphatic rings. The van der Waals surface area contributed by atoms with Gasteiger partial charge in [-0.1, -0.05) is 30.3 Å². The number of pyridine rings is 1. The molecule has 0 aliphatic carbocycles. The molecule has 0 saturated carbocycles. The van der Waals surface area contributed by atoms with E-state index in [0.717, 1.165) is 16.9 Å². The number of benzene rings is 2. The molecule has 3 heterocycles. The van der Waals surface area contributed by atoms with Crippen LogP contribution < -0.4 is 15.8 Å². The van der Waals surface area contributed by atoms with Crippen molar-refractivity contribution in [1.82, 2.24) is 24.9 Å². The maximum Gasteiger partial charge on any atom is 0.257 e. The lowest BCUT2D eigenvalue weighted by Crippen LogP contribution is -2.26. The van der Waals surface area contributed by atoms with Gasteiger partial charge in [0.25, 0.3) is 5.91 Å². The standard InChI is InChI=1S/C26H23N7O2/c1-35-19-10-8-17(9-11-19)12-14-29-26(34)22-23-25(32-21-7-3-2-6-20(21)31-23)33(24(22)27)30-16-18-5-4-13-28-15-18/h2-11,13,15-16H,12,14,27H2,1H3,(H,29,34)/b30-16-. The largest absolute Gasteiger partial charge is 0.497 e. The molecule has 0 saturated heterocycles. The quantitative estimate of drug-likeness (QED) is 0.355. The third-order valence-corrected chi connectivity index (χ3v) is 5.57. The average Bonchev–Trinajstić information content (AvgIpc) is 3.17. The van der Waals surface area contributed by atoms with Crippen LogP contribution in [0.25, 0.3) is 22.2 Å². The topological polar surface area (TPSA) is 120 Å². The van der Waals surface area contributed by atoms with Crippen molar-refractivity contribution in [3.05, 3.63) is 89.7 Å². The Morgan fingerprint density at radius 3 is 2.57 bits per heavy atom. The molecule has 0 atom stereocenters. The molecule has 1 amide bonds. The van der Waals surface area contributed by atoms with Gasteiger partial charge in [0.1, 0.15) is 22.6 Å². The predicted octanol–water partition coefficient (Wildman–Crippen LogP) is 3.43. The summed E-state index contributed by atoms with van der Waals surface area (Å²) < 4.78 is 6.64. The van der Waals surface area contributed by atoms with Gasteiger partial charge in [-0.05, 0) is 42.3 Å². The van der Waals surface area contributed by atoms with Gasteiger partial charge in [0.15, 0.2) is 5.65 Å². The molecule has 0 spiro atoms. The van der Waals surface area contributed by atoms with Gasteiger partial charge in [-0.15, -0.1) is 0 Å². The summed E-state index contributed by atoms with van der Waals surface area (Å²) in [7, 11) is 1.63. The number of nitrogens with one attached hydrogen (secondary N) is 1. The molecule has 3 N–H and O–H groups in total. The van der Waals surface area contributed by atoms with Gasteiger partial charge in [0.05, 0.1) is 24.4 Å². The molecule has 0 bridgehead atoms. The van der Waals surface area contributed by atoms with E-state index >= 15 is 0 Å². The first kappa shape index (κ1) is 22.0. The average molecular weight is 466 g/mol. The second kappa shape index (κ2) is 9.60. The van der Waals surface area contributed by atoms with Crippen molar-refractivity contribution in [3.8, 4) is 5.75 Å². The van der Waals surface area contributed by atoms with Crippen molar-refractivity contribution in [2.24, 2.45) is 5.10 Å². The van der Waals surface area contributed by atoms with Crippen LogP contribution in [-0.2, 0) is 6.42 Å². The van der Waals surface area contributed by atoms with Crippen molar-refractivity contribution in [1.29, 1.82) is 0 Å². The fourth-order valence-electron chi connectivity index (χ4n) is 3.77. The minimum absolute atomic E-state index is 0.164. The summed E-state index contributed by atoms with van der Waals surface area (Å²) in [6, 6.07) is 18.9. The Morgan fingerprint density at radius 1 is 1.09 bits per heavy atom. The zero-order valence-corrected chi connectivity index (χ0v) is 19.0. The molecular formula is C26H23N7O2. The van der Waals surface area contributed by atoms with Crippen LogP contribution in [0.4, 0.5) is 5.82 Å². The zero-order chi connectivity index (χ0) is 24.2. The molecule has 35 heavy (non-hydrogen) atoms. The number of carbonyl (C=O) groups is 1. The normalized spacial score (nSPS) is 11.3. The number of hydrogen-bond acceptors (Lipinski definition) is 7. The van der Waals surface area contributed by atoms with E-state index in [-0.39, 0.29) is 17.3 Å². The number of methoxy groups -OCH3 is 1. The molecule has 0 unspecified atom stereocenters. The zero-order valence-electron chi connectivity index (χ0n) is 19.0. The molecule has 0 aliphatic heterocycles. The summed E-state index contributed by atoms with van der Waals surface area (Å²) >= 11 is 0. The first-order valence-corrected chi connectivity index (χ1v) is 11.1. The Morgan fingerprint density at radius 2 is 1.86 bits per heavy atom. The summed E-state index contributed by atoms with van der Waals surface area (Å²) in [6.07, 6.45) is 5.63. The molecule has 5 rings (SSSR count). The van der Waals surface area contributed by atoms with Crippen LogP contribution >= 0.6 is 0 Å². The van der Waals surface area contributed by atoms with Crippen molar-refractivity contribution in [2.75, 3.05) is 19.4 Å². The van der Waals surface area contributed by atoms with Crippen molar-refractivity contribution in [2.45, 2.75) is 6.42 Å². The Hall–Kier alpha value is -4.79. The van der Waals surface area contributed by atoms with E-state index in [2.05, 4.69) is 15.4 Å². The minimum atomic E-state index is -0.332. The van der Waals surface area contributed by atoms with E-state index in [0.29, 0.717) is 35.2 Å². The lowest BCUT2D eigenvalue weighted by molar-refractivity contribution is 0.0956. The van der Waals surface area contributed by atoms with Gasteiger partial charge in [0.2, 0.25) is 0 Å². The maximum absolute atomic E-state index is 13.2. The predicted molar refractivity (Wildman–Crippen MR) is 136 cm³/mol. The van der Waals surface area contributed by atoms with Crippen molar-refractivity contribution in [3.63, 3.8) is 0 Å². The summed E-state index contributed by atoms with van der Waals surface area (Å²) in [5.74, 6) is 0.620. The Kier molecular flexibility index (Phi) is 6.04. The van der Waals surface area contributed by atoms with Crippen LogP contribution in [0, 0.1) is 0 Å². The highest BCUT2D eigenvalue weighted by atomic mass is 16.5. The van der Waals surface area contributed by atoms with E-state index in [4.69, 9.17) is 20.4 Å². The number of nitrogen functional groups attached to an aromatic ring is 1. The van der Waals surface area contributed by atoms with Gasteiger partial charge >= 0.3 is 0 Å². The molecule has 174 valence electrons. The number of hydrogen-bond donors (Lipinski definition) is 2. The third-order valence-electron chi connectivity index (χ3n) is 5.57. The minimum Gasteiger partial charge on any atom is -0.497 e. The van der Waals surface area contributed by atoms with E-state index in [1.807, 2.05) is 60.7 Å². The van der Waals surface area contributed by atoms with Crippen molar-refractivity contribution >= 4 is 40.1 Å². The summed E-state index contributed by atoms with van der Waals surface area (Å²) in [5, 5.41) is 7.44. The molecule has 0 radical (unpaired) electrons. The second-order valence-electron chi connectivity index (χ2n) is 7.84. The highest BCUT2D eigenvalue weighted by Crippen LogP contribution is 2.27. The molecule has 9 nitrogen and oxygen atoms in total. The summed E-state index contributed by atoms with van der Waals surface area (Å²) in [4.78, 5) is 26.7. The van der Waals surface area contributed by atoms with Gasteiger partial charge in [-0.2, -0.15) is 9.78 Å². The molecular weight excluding hydrogens is 442 g/mol. The fourth-order valence-corrected chi connectivity index (χ4v) is 3.77. The van der Waals surface area contributed by atoms with Crippen LogP contribution in [0.5, 0.6) is 5.75 Å². The van der Waals surface area contributed by atoms with E-state index < -0.39 is 0 Å². The van der Waals surface area contributed by atoms with Crippen LogP contribution in [0.2, 0.25) is 0 Å². The molecule has 5 aromatic rings. The van der Waals surface area contributed by atoms with E-state index in [1.54, 1.807) is 25.7 Å². The highest BCUT2D eigenvalue weighted by molar-refractivity contribution is 6.10. The highest BCUT2D eigenvalue weighted by Gasteiger charge is 2.23. The van der Waals surface area contributed by atoms with Gasteiger partial charge in [-0.25, -0.2) is 9.97 Å². The lowest BCUT2D eigenvalue weighted by atomic mass is 10.1. The van der Waals surface area contributed by atoms with Crippen LogP contribution in [0.3, 0.4) is 0 Å². The number of aromatic nitrogens is 4. The number of carbonyl (C=O) groups excluding carboxylic acids is 1. The number of nitrogens with two attached hydrogens (primary N) is 1. The lowest BCUT2D eigenvalue weighted by Gasteiger charge is -2.06. The van der Waals surface area contributed by atoms with Crippen LogP contribution in [0.1, 0.15) is 21.5 Å². The van der Waals surface area contributed by atoms with Crippen molar-refractivity contribution < 1.29 is 9.53 Å². The number of fused-ring (bicyclic) bond motifs is 2. The number of para-hydroxylation sites is 2.